The summed E-state index contributed by atoms with van der Waals surface area (Å²) in [4.78, 5) is 0. The van der Waals surface area contributed by atoms with Crippen LogP contribution in [0.3, 0.4) is 0 Å². The predicted molar refractivity (Wildman–Crippen MR) is 80.5 cm³/mol. The van der Waals surface area contributed by atoms with Crippen LogP contribution < -0.4 is 4.74 Å². The molecule has 3 heteroatoms. The lowest BCUT2D eigenvalue weighted by Gasteiger charge is -2.12. The van der Waals surface area contributed by atoms with Gasteiger partial charge in [-0.15, -0.1) is 0 Å². The maximum atomic E-state index is 9.84. The topological polar surface area (TPSA) is 29.5 Å². The predicted octanol–water partition coefficient (Wildman–Crippen LogP) is 3.36. The molecule has 2 aromatic carbocycles. The van der Waals surface area contributed by atoms with Crippen LogP contribution in [0.1, 0.15) is 5.56 Å². The first-order valence-corrected chi connectivity index (χ1v) is 7.47. The lowest BCUT2D eigenvalue weighted by atomic mass is 10.2. The fourth-order valence-corrected chi connectivity index (χ4v) is 2.56. The number of para-hydroxylation sites is 1. The van der Waals surface area contributed by atoms with Gasteiger partial charge in [0.25, 0.3) is 0 Å². The van der Waals surface area contributed by atoms with Gasteiger partial charge in [-0.25, -0.2) is 0 Å². The van der Waals surface area contributed by atoms with Crippen LogP contribution in [0.2, 0.25) is 0 Å². The molecule has 1 N–H and O–H groups in total. The smallest absolute Gasteiger partial charge is 0.119 e. The van der Waals surface area contributed by atoms with Crippen molar-refractivity contribution in [3.8, 4) is 5.75 Å². The van der Waals surface area contributed by atoms with Crippen LogP contribution in [0, 0.1) is 0 Å². The molecule has 0 aromatic heterocycles. The summed E-state index contributed by atoms with van der Waals surface area (Å²) in [5, 5.41) is 9.84. The fraction of sp³-hybridized carbons (Fsp3) is 0.250. The van der Waals surface area contributed by atoms with Gasteiger partial charge in [-0.05, 0) is 17.7 Å². The van der Waals surface area contributed by atoms with Crippen molar-refractivity contribution in [3.05, 3.63) is 66.2 Å². The first-order chi connectivity index (χ1) is 9.34. The average Bonchev–Trinajstić information content (AvgIpc) is 2.47. The Labute approximate surface area is 118 Å². The first-order valence-electron chi connectivity index (χ1n) is 6.32. The zero-order valence-corrected chi connectivity index (χ0v) is 11.6. The second-order valence-electron chi connectivity index (χ2n) is 4.28. The third-order valence-electron chi connectivity index (χ3n) is 2.61. The fourth-order valence-electron chi connectivity index (χ4n) is 1.64. The highest BCUT2D eigenvalue weighted by Crippen LogP contribution is 2.14. The summed E-state index contributed by atoms with van der Waals surface area (Å²) < 4.78 is 5.51. The zero-order chi connectivity index (χ0) is 13.3. The second-order valence-corrected chi connectivity index (χ2v) is 5.31. The van der Waals surface area contributed by atoms with Gasteiger partial charge in [-0.2, -0.15) is 11.8 Å². The van der Waals surface area contributed by atoms with Crippen molar-refractivity contribution in [2.75, 3.05) is 12.4 Å². The van der Waals surface area contributed by atoms with Crippen LogP contribution in [0.4, 0.5) is 0 Å². The Morgan fingerprint density at radius 2 is 1.58 bits per heavy atom. The minimum atomic E-state index is -0.436. The van der Waals surface area contributed by atoms with E-state index in [4.69, 9.17) is 4.74 Å². The maximum absolute atomic E-state index is 9.84. The first kappa shape index (κ1) is 14.0. The van der Waals surface area contributed by atoms with Crippen molar-refractivity contribution in [2.45, 2.75) is 11.9 Å². The normalized spacial score (nSPS) is 12.1. The molecule has 1 atom stereocenters. The second kappa shape index (κ2) is 7.87. The SMILES string of the molecule is O[C@H](COc1ccccc1)CSCc1ccccc1. The van der Waals surface area contributed by atoms with Crippen molar-refractivity contribution < 1.29 is 9.84 Å². The lowest BCUT2D eigenvalue weighted by Crippen LogP contribution is -2.20. The average molecular weight is 274 g/mol. The third kappa shape index (κ3) is 5.37. The number of aliphatic hydroxyl groups is 1. The highest BCUT2D eigenvalue weighted by molar-refractivity contribution is 7.98. The van der Waals surface area contributed by atoms with E-state index in [1.54, 1.807) is 11.8 Å². The van der Waals surface area contributed by atoms with Gasteiger partial charge in [0.15, 0.2) is 0 Å². The number of ether oxygens (including phenoxy) is 1. The quantitative estimate of drug-likeness (QED) is 0.839. The van der Waals surface area contributed by atoms with Crippen LogP contribution in [-0.4, -0.2) is 23.6 Å². The molecule has 0 fully saturated rings. The van der Waals surface area contributed by atoms with Gasteiger partial charge in [0.2, 0.25) is 0 Å². The Hall–Kier alpha value is -1.45. The highest BCUT2D eigenvalue weighted by Gasteiger charge is 2.05. The molecule has 0 saturated carbocycles. The molecule has 0 saturated heterocycles. The van der Waals surface area contributed by atoms with Gasteiger partial charge < -0.3 is 9.84 Å². The number of benzene rings is 2. The lowest BCUT2D eigenvalue weighted by molar-refractivity contribution is 0.126. The molecule has 19 heavy (non-hydrogen) atoms. The molecule has 0 spiro atoms. The van der Waals surface area contributed by atoms with Crippen LogP contribution in [0.15, 0.2) is 60.7 Å². The van der Waals surface area contributed by atoms with Gasteiger partial charge in [-0.1, -0.05) is 48.5 Å². The molecule has 0 aliphatic heterocycles. The largest absolute Gasteiger partial charge is 0.491 e. The van der Waals surface area contributed by atoms with Crippen LogP contribution in [-0.2, 0) is 5.75 Å². The van der Waals surface area contributed by atoms with Crippen LogP contribution in [0.5, 0.6) is 5.75 Å². The zero-order valence-electron chi connectivity index (χ0n) is 10.7. The van der Waals surface area contributed by atoms with E-state index in [2.05, 4.69) is 12.1 Å². The van der Waals surface area contributed by atoms with E-state index < -0.39 is 6.10 Å². The molecule has 0 bridgehead atoms. The van der Waals surface area contributed by atoms with Gasteiger partial charge in [0.1, 0.15) is 12.4 Å². The Balaban J connectivity index is 1.64. The molecule has 2 nitrogen and oxygen atoms in total. The molecule has 0 aliphatic carbocycles. The summed E-state index contributed by atoms with van der Waals surface area (Å²) in [6.45, 7) is 0.339. The van der Waals surface area contributed by atoms with Crippen molar-refractivity contribution in [3.63, 3.8) is 0 Å². The number of hydrogen-bond donors (Lipinski definition) is 1. The summed E-state index contributed by atoms with van der Waals surface area (Å²) >= 11 is 1.72. The summed E-state index contributed by atoms with van der Waals surface area (Å²) in [6, 6.07) is 19.8. The molecule has 2 rings (SSSR count). The minimum absolute atomic E-state index is 0.339. The summed E-state index contributed by atoms with van der Waals surface area (Å²) in [6.07, 6.45) is -0.436. The van der Waals surface area contributed by atoms with E-state index >= 15 is 0 Å². The molecular formula is C16H18O2S. The van der Waals surface area contributed by atoms with E-state index in [9.17, 15) is 5.11 Å². The Morgan fingerprint density at radius 1 is 0.947 bits per heavy atom. The Kier molecular flexibility index (Phi) is 5.79. The maximum Gasteiger partial charge on any atom is 0.119 e. The standard InChI is InChI=1S/C16H18O2S/c17-15(11-18-16-9-5-2-6-10-16)13-19-12-14-7-3-1-4-8-14/h1-10,15,17H,11-13H2/t15-/m1/s1. The summed E-state index contributed by atoms with van der Waals surface area (Å²) in [7, 11) is 0. The molecule has 0 radical (unpaired) electrons. The molecular weight excluding hydrogens is 256 g/mol. The molecule has 0 heterocycles. The van der Waals surface area contributed by atoms with Gasteiger partial charge in [-0.3, -0.25) is 0 Å². The highest BCUT2D eigenvalue weighted by atomic mass is 32.2. The Morgan fingerprint density at radius 3 is 2.26 bits per heavy atom. The third-order valence-corrected chi connectivity index (χ3v) is 3.77. The molecule has 100 valence electrons. The summed E-state index contributed by atoms with van der Waals surface area (Å²) in [5.41, 5.74) is 1.28. The van der Waals surface area contributed by atoms with Crippen molar-refractivity contribution in [1.82, 2.24) is 0 Å². The molecule has 2 aromatic rings. The number of aliphatic hydroxyl groups excluding tert-OH is 1. The van der Waals surface area contributed by atoms with Crippen molar-refractivity contribution in [1.29, 1.82) is 0 Å². The molecule has 0 amide bonds. The monoisotopic (exact) mass is 274 g/mol. The van der Waals surface area contributed by atoms with Crippen molar-refractivity contribution in [2.24, 2.45) is 0 Å². The molecule has 0 unspecified atom stereocenters. The van der Waals surface area contributed by atoms with Gasteiger partial charge >= 0.3 is 0 Å². The van der Waals surface area contributed by atoms with Crippen molar-refractivity contribution >= 4 is 11.8 Å². The number of rotatable bonds is 7. The number of hydrogen-bond acceptors (Lipinski definition) is 3. The van der Waals surface area contributed by atoms with Gasteiger partial charge in [0, 0.05) is 11.5 Å². The van der Waals surface area contributed by atoms with E-state index in [1.165, 1.54) is 5.56 Å². The Bertz CT molecular complexity index is 459. The van der Waals surface area contributed by atoms with E-state index in [1.807, 2.05) is 48.5 Å². The summed E-state index contributed by atoms with van der Waals surface area (Å²) in [5.74, 6) is 2.40. The van der Waals surface area contributed by atoms with Crippen LogP contribution in [0.25, 0.3) is 0 Å². The van der Waals surface area contributed by atoms with Crippen LogP contribution >= 0.6 is 11.8 Å². The van der Waals surface area contributed by atoms with E-state index in [0.29, 0.717) is 12.4 Å². The van der Waals surface area contributed by atoms with Gasteiger partial charge in [0.05, 0.1) is 6.10 Å². The minimum Gasteiger partial charge on any atom is -0.491 e. The van der Waals surface area contributed by atoms with E-state index in [0.717, 1.165) is 11.5 Å². The molecule has 0 aliphatic rings. The number of thioether (sulfide) groups is 1. The van der Waals surface area contributed by atoms with E-state index in [-0.39, 0.29) is 0 Å².